The molecule has 0 aliphatic carbocycles. The lowest BCUT2D eigenvalue weighted by molar-refractivity contribution is 0.184. The SMILES string of the molecule is COCc1ccc(C#Cc2ccc(C#Cc3ccc4cc(F)c(F)cc4c3)cc2)c(F)c1. The van der Waals surface area contributed by atoms with Gasteiger partial charge in [0.25, 0.3) is 0 Å². The van der Waals surface area contributed by atoms with E-state index in [-0.39, 0.29) is 5.82 Å². The molecule has 4 rings (SSSR count). The highest BCUT2D eigenvalue weighted by molar-refractivity contribution is 5.84. The highest BCUT2D eigenvalue weighted by Crippen LogP contribution is 2.19. The second-order valence-corrected chi connectivity index (χ2v) is 7.15. The summed E-state index contributed by atoms with van der Waals surface area (Å²) in [6.07, 6.45) is 0. The van der Waals surface area contributed by atoms with Gasteiger partial charge >= 0.3 is 0 Å². The summed E-state index contributed by atoms with van der Waals surface area (Å²) in [7, 11) is 1.56. The molecule has 4 aromatic rings. The van der Waals surface area contributed by atoms with Crippen LogP contribution in [0.2, 0.25) is 0 Å². The van der Waals surface area contributed by atoms with E-state index in [0.717, 1.165) is 22.8 Å². The molecular weight excluding hydrogens is 409 g/mol. The standard InChI is InChI=1S/C28H17F3O/c1-32-18-22-10-12-23(26(29)15-22)11-8-20-4-2-19(3-5-20)6-7-21-9-13-24-16-27(30)28(31)17-25(24)14-21/h2-5,9-10,12-17H,18H2,1H3. The third kappa shape index (κ3) is 5.01. The number of benzene rings is 4. The summed E-state index contributed by atoms with van der Waals surface area (Å²) in [6, 6.07) is 19.6. The van der Waals surface area contributed by atoms with Gasteiger partial charge in [-0.1, -0.05) is 35.8 Å². The first-order valence-electron chi connectivity index (χ1n) is 9.82. The first kappa shape index (κ1) is 21.2. The van der Waals surface area contributed by atoms with Crippen molar-refractivity contribution in [2.45, 2.75) is 6.61 Å². The van der Waals surface area contributed by atoms with Crippen LogP contribution in [0.5, 0.6) is 0 Å². The Morgan fingerprint density at radius 3 is 1.84 bits per heavy atom. The van der Waals surface area contributed by atoms with Crippen molar-refractivity contribution < 1.29 is 17.9 Å². The van der Waals surface area contributed by atoms with E-state index >= 15 is 0 Å². The van der Waals surface area contributed by atoms with Crippen LogP contribution in [-0.2, 0) is 11.3 Å². The quantitative estimate of drug-likeness (QED) is 0.347. The molecule has 4 aromatic carbocycles. The second kappa shape index (κ2) is 9.43. The number of halogens is 3. The van der Waals surface area contributed by atoms with Gasteiger partial charge < -0.3 is 4.74 Å². The Balaban J connectivity index is 1.50. The van der Waals surface area contributed by atoms with Gasteiger partial charge in [0.05, 0.1) is 12.2 Å². The predicted molar refractivity (Wildman–Crippen MR) is 119 cm³/mol. The van der Waals surface area contributed by atoms with Crippen molar-refractivity contribution >= 4 is 10.8 Å². The lowest BCUT2D eigenvalue weighted by Crippen LogP contribution is -1.91. The molecule has 0 unspecified atom stereocenters. The summed E-state index contributed by atoms with van der Waals surface area (Å²) in [5.74, 6) is 9.72. The van der Waals surface area contributed by atoms with E-state index in [9.17, 15) is 13.2 Å². The first-order chi connectivity index (χ1) is 15.5. The van der Waals surface area contributed by atoms with E-state index < -0.39 is 11.6 Å². The van der Waals surface area contributed by atoms with Gasteiger partial charge in [0.1, 0.15) is 5.82 Å². The zero-order chi connectivity index (χ0) is 22.5. The van der Waals surface area contributed by atoms with Crippen molar-refractivity contribution in [3.8, 4) is 23.7 Å². The lowest BCUT2D eigenvalue weighted by Gasteiger charge is -2.01. The molecule has 0 aliphatic rings. The van der Waals surface area contributed by atoms with Crippen LogP contribution < -0.4 is 0 Å². The molecule has 1 nitrogen and oxygen atoms in total. The van der Waals surface area contributed by atoms with Gasteiger partial charge in [-0.15, -0.1) is 0 Å². The Morgan fingerprint density at radius 2 is 1.19 bits per heavy atom. The summed E-state index contributed by atoms with van der Waals surface area (Å²) >= 11 is 0. The van der Waals surface area contributed by atoms with E-state index in [1.807, 2.05) is 24.3 Å². The molecule has 0 heterocycles. The zero-order valence-corrected chi connectivity index (χ0v) is 17.2. The summed E-state index contributed by atoms with van der Waals surface area (Å²) in [4.78, 5) is 0. The summed E-state index contributed by atoms with van der Waals surface area (Å²) in [5.41, 5.74) is 3.28. The minimum Gasteiger partial charge on any atom is -0.380 e. The van der Waals surface area contributed by atoms with Crippen molar-refractivity contribution in [2.75, 3.05) is 7.11 Å². The molecule has 0 saturated heterocycles. The van der Waals surface area contributed by atoms with Crippen molar-refractivity contribution in [3.05, 3.63) is 118 Å². The number of ether oxygens (including phenoxy) is 1. The van der Waals surface area contributed by atoms with Crippen molar-refractivity contribution in [1.82, 2.24) is 0 Å². The third-order valence-corrected chi connectivity index (χ3v) is 4.80. The zero-order valence-electron chi connectivity index (χ0n) is 17.2. The van der Waals surface area contributed by atoms with E-state index in [4.69, 9.17) is 4.74 Å². The molecule has 0 fully saturated rings. The van der Waals surface area contributed by atoms with Gasteiger partial charge in [-0.3, -0.25) is 0 Å². The minimum atomic E-state index is -0.884. The largest absolute Gasteiger partial charge is 0.380 e. The first-order valence-corrected chi connectivity index (χ1v) is 9.82. The van der Waals surface area contributed by atoms with Gasteiger partial charge in [0.15, 0.2) is 11.6 Å². The van der Waals surface area contributed by atoms with Crippen LogP contribution in [0.1, 0.15) is 27.8 Å². The van der Waals surface area contributed by atoms with Crippen LogP contribution >= 0.6 is 0 Å². The molecule has 0 saturated carbocycles. The van der Waals surface area contributed by atoms with Gasteiger partial charge in [-0.2, -0.15) is 0 Å². The Labute approximate surface area is 184 Å². The number of hydrogen-bond donors (Lipinski definition) is 0. The van der Waals surface area contributed by atoms with E-state index in [2.05, 4.69) is 23.7 Å². The molecule has 0 atom stereocenters. The average Bonchev–Trinajstić information content (AvgIpc) is 2.79. The Hall–Kier alpha value is -3.99. The number of hydrogen-bond acceptors (Lipinski definition) is 1. The number of methoxy groups -OCH3 is 1. The molecule has 0 spiro atoms. The minimum absolute atomic E-state index is 0.321. The molecule has 0 aromatic heterocycles. The van der Waals surface area contributed by atoms with Crippen LogP contribution in [0.25, 0.3) is 10.8 Å². The van der Waals surface area contributed by atoms with Crippen LogP contribution in [0.4, 0.5) is 13.2 Å². The van der Waals surface area contributed by atoms with Crippen molar-refractivity contribution in [3.63, 3.8) is 0 Å². The predicted octanol–water partition coefficient (Wildman–Crippen LogP) is 6.20. The Bertz CT molecular complexity index is 1420. The molecule has 4 heteroatoms. The van der Waals surface area contributed by atoms with Gasteiger partial charge in [-0.25, -0.2) is 13.2 Å². The summed E-state index contributed by atoms with van der Waals surface area (Å²) < 4.78 is 45.9. The van der Waals surface area contributed by atoms with E-state index in [1.54, 1.807) is 37.4 Å². The molecular formula is C28H17F3O. The molecule has 156 valence electrons. The number of fused-ring (bicyclic) bond motifs is 1. The molecule has 0 amide bonds. The third-order valence-electron chi connectivity index (χ3n) is 4.80. The Kier molecular flexibility index (Phi) is 6.26. The van der Waals surface area contributed by atoms with Crippen LogP contribution in [-0.4, -0.2) is 7.11 Å². The maximum atomic E-state index is 14.1. The van der Waals surface area contributed by atoms with Crippen LogP contribution in [0, 0.1) is 41.1 Å². The highest BCUT2D eigenvalue weighted by Gasteiger charge is 2.04. The molecule has 0 aliphatic heterocycles. The normalized spacial score (nSPS) is 10.2. The maximum absolute atomic E-state index is 14.1. The topological polar surface area (TPSA) is 9.23 Å². The fraction of sp³-hybridized carbons (Fsp3) is 0.0714. The van der Waals surface area contributed by atoms with Crippen molar-refractivity contribution in [2.24, 2.45) is 0 Å². The summed E-state index contributed by atoms with van der Waals surface area (Å²) in [5, 5.41) is 1.20. The highest BCUT2D eigenvalue weighted by atomic mass is 19.2. The lowest BCUT2D eigenvalue weighted by atomic mass is 10.1. The fourth-order valence-electron chi connectivity index (χ4n) is 3.16. The number of rotatable bonds is 2. The molecule has 32 heavy (non-hydrogen) atoms. The summed E-state index contributed by atoms with van der Waals surface area (Å²) in [6.45, 7) is 0.349. The van der Waals surface area contributed by atoms with Gasteiger partial charge in [0.2, 0.25) is 0 Å². The monoisotopic (exact) mass is 426 g/mol. The van der Waals surface area contributed by atoms with Crippen LogP contribution in [0.3, 0.4) is 0 Å². The van der Waals surface area contributed by atoms with Gasteiger partial charge in [0, 0.05) is 23.8 Å². The van der Waals surface area contributed by atoms with E-state index in [0.29, 0.717) is 28.5 Å². The van der Waals surface area contributed by atoms with Crippen molar-refractivity contribution in [1.29, 1.82) is 0 Å². The maximum Gasteiger partial charge on any atom is 0.159 e. The van der Waals surface area contributed by atoms with E-state index in [1.165, 1.54) is 12.1 Å². The molecule has 0 radical (unpaired) electrons. The second-order valence-electron chi connectivity index (χ2n) is 7.15. The smallest absolute Gasteiger partial charge is 0.159 e. The van der Waals surface area contributed by atoms with Gasteiger partial charge in [-0.05, 0) is 77.0 Å². The fourth-order valence-corrected chi connectivity index (χ4v) is 3.16. The Morgan fingerprint density at radius 1 is 0.594 bits per heavy atom. The molecule has 0 N–H and O–H groups in total. The molecule has 0 bridgehead atoms. The average molecular weight is 426 g/mol. The van der Waals surface area contributed by atoms with Crippen LogP contribution in [0.15, 0.2) is 72.8 Å².